The lowest BCUT2D eigenvalue weighted by atomic mass is 10.1. The number of rotatable bonds is 3. The second kappa shape index (κ2) is 5.69. The lowest BCUT2D eigenvalue weighted by Crippen LogP contribution is -2.41. The molecule has 0 bridgehead atoms. The smallest absolute Gasteiger partial charge is 0.0249 e. The van der Waals surface area contributed by atoms with Crippen molar-refractivity contribution in [1.82, 2.24) is 5.32 Å². The maximum atomic E-state index is 11.2. The predicted molar refractivity (Wildman–Crippen MR) is 69.0 cm³/mol. The normalized spacial score (nSPS) is 41.9. The Bertz CT molecular complexity index is 225. The molecule has 2 unspecified atom stereocenters. The van der Waals surface area contributed by atoms with Crippen molar-refractivity contribution in [2.45, 2.75) is 49.4 Å². The van der Waals surface area contributed by atoms with Crippen molar-refractivity contribution in [1.29, 1.82) is 0 Å². The molecule has 1 aliphatic heterocycles. The molecule has 0 aromatic carbocycles. The fourth-order valence-corrected chi connectivity index (χ4v) is 4.69. The van der Waals surface area contributed by atoms with Gasteiger partial charge in [-0.25, -0.2) is 0 Å². The zero-order valence-electron chi connectivity index (χ0n) is 9.41. The van der Waals surface area contributed by atoms with Crippen LogP contribution in [0, 0.1) is 0 Å². The molecule has 0 aromatic heterocycles. The quantitative estimate of drug-likeness (QED) is 0.824. The molecule has 1 saturated heterocycles. The van der Waals surface area contributed by atoms with Gasteiger partial charge in [-0.1, -0.05) is 0 Å². The summed E-state index contributed by atoms with van der Waals surface area (Å²) < 4.78 is 11.2. The minimum atomic E-state index is -0.517. The van der Waals surface area contributed by atoms with Crippen LogP contribution >= 0.6 is 11.8 Å². The molecule has 1 saturated carbocycles. The molecule has 2 atom stereocenters. The van der Waals surface area contributed by atoms with Crippen molar-refractivity contribution in [3.8, 4) is 0 Å². The second-order valence-electron chi connectivity index (χ2n) is 4.66. The molecule has 1 heterocycles. The first-order valence-corrected chi connectivity index (χ1v) is 8.69. The van der Waals surface area contributed by atoms with E-state index >= 15 is 0 Å². The van der Waals surface area contributed by atoms with Crippen molar-refractivity contribution in [2.24, 2.45) is 0 Å². The average molecular weight is 247 g/mol. The van der Waals surface area contributed by atoms with Gasteiger partial charge in [0.25, 0.3) is 0 Å². The number of nitrogens with one attached hydrogen (secondary N) is 1. The van der Waals surface area contributed by atoms with Crippen molar-refractivity contribution in [3.05, 3.63) is 0 Å². The van der Waals surface area contributed by atoms with E-state index in [0.29, 0.717) is 6.04 Å². The van der Waals surface area contributed by atoms with E-state index in [2.05, 4.69) is 11.6 Å². The highest BCUT2D eigenvalue weighted by molar-refractivity contribution is 7.99. The highest BCUT2D eigenvalue weighted by Crippen LogP contribution is 2.29. The van der Waals surface area contributed by atoms with Crippen LogP contribution in [-0.4, -0.2) is 39.3 Å². The van der Waals surface area contributed by atoms with E-state index in [4.69, 9.17) is 0 Å². The summed E-state index contributed by atoms with van der Waals surface area (Å²) in [5.41, 5.74) is 0. The Kier molecular flexibility index (Phi) is 4.52. The molecule has 1 N–H and O–H groups in total. The summed E-state index contributed by atoms with van der Waals surface area (Å²) in [6.45, 7) is 0. The number of hydrogen-bond acceptors (Lipinski definition) is 3. The number of thioether (sulfide) groups is 1. The minimum Gasteiger partial charge on any atom is -0.311 e. The molecular weight excluding hydrogens is 226 g/mol. The zero-order valence-corrected chi connectivity index (χ0v) is 11.0. The molecule has 2 rings (SSSR count). The lowest BCUT2D eigenvalue weighted by molar-refractivity contribution is 0.407. The highest BCUT2D eigenvalue weighted by atomic mass is 32.2. The molecule has 0 spiro atoms. The van der Waals surface area contributed by atoms with Gasteiger partial charge in [-0.05, 0) is 38.4 Å². The molecule has 4 heteroatoms. The third-order valence-electron chi connectivity index (χ3n) is 3.58. The Morgan fingerprint density at radius 3 is 2.47 bits per heavy atom. The molecule has 88 valence electrons. The molecule has 2 aliphatic rings. The summed E-state index contributed by atoms with van der Waals surface area (Å²) in [6.07, 6.45) is 8.50. The van der Waals surface area contributed by atoms with Crippen LogP contribution in [-0.2, 0) is 10.8 Å². The summed E-state index contributed by atoms with van der Waals surface area (Å²) in [7, 11) is -0.517. The van der Waals surface area contributed by atoms with Crippen LogP contribution in [0.4, 0.5) is 0 Å². The second-order valence-corrected chi connectivity index (χ2v) is 7.49. The van der Waals surface area contributed by atoms with Gasteiger partial charge in [-0.15, -0.1) is 0 Å². The molecular formula is C11H21NOS2. The summed E-state index contributed by atoms with van der Waals surface area (Å²) >= 11 is 2.01. The van der Waals surface area contributed by atoms with Gasteiger partial charge in [0.2, 0.25) is 0 Å². The van der Waals surface area contributed by atoms with Crippen molar-refractivity contribution < 1.29 is 4.21 Å². The maximum absolute atomic E-state index is 11.2. The van der Waals surface area contributed by atoms with E-state index in [9.17, 15) is 4.21 Å². The number of hydrogen-bond donors (Lipinski definition) is 1. The first kappa shape index (κ1) is 11.9. The van der Waals surface area contributed by atoms with Crippen molar-refractivity contribution in [2.75, 3.05) is 17.8 Å². The van der Waals surface area contributed by atoms with E-state index in [1.807, 2.05) is 11.8 Å². The van der Waals surface area contributed by atoms with Gasteiger partial charge in [0, 0.05) is 39.6 Å². The van der Waals surface area contributed by atoms with Crippen LogP contribution < -0.4 is 5.32 Å². The van der Waals surface area contributed by atoms with Gasteiger partial charge >= 0.3 is 0 Å². The van der Waals surface area contributed by atoms with Crippen LogP contribution in [0.15, 0.2) is 0 Å². The molecule has 2 fully saturated rings. The van der Waals surface area contributed by atoms with E-state index in [0.717, 1.165) is 35.6 Å². The van der Waals surface area contributed by atoms with Gasteiger partial charge in [0.15, 0.2) is 0 Å². The fourth-order valence-electron chi connectivity index (χ4n) is 2.60. The highest BCUT2D eigenvalue weighted by Gasteiger charge is 2.27. The first-order chi connectivity index (χ1) is 7.28. The third-order valence-corrected chi connectivity index (χ3v) is 6.05. The summed E-state index contributed by atoms with van der Waals surface area (Å²) in [5, 5.41) is 4.63. The zero-order chi connectivity index (χ0) is 10.7. The monoisotopic (exact) mass is 247 g/mol. The Labute approximate surface area is 99.4 Å². The fraction of sp³-hybridized carbons (Fsp3) is 1.00. The van der Waals surface area contributed by atoms with Gasteiger partial charge in [0.1, 0.15) is 0 Å². The Balaban J connectivity index is 1.71. The van der Waals surface area contributed by atoms with Crippen LogP contribution in [0.2, 0.25) is 0 Å². The van der Waals surface area contributed by atoms with Gasteiger partial charge < -0.3 is 5.32 Å². The molecule has 0 amide bonds. The van der Waals surface area contributed by atoms with Crippen LogP contribution in [0.1, 0.15) is 32.1 Å². The van der Waals surface area contributed by atoms with Gasteiger partial charge in [-0.3, -0.25) is 4.21 Å². The molecule has 0 aromatic rings. The largest absolute Gasteiger partial charge is 0.311 e. The summed E-state index contributed by atoms with van der Waals surface area (Å²) in [6, 6.07) is 1.38. The topological polar surface area (TPSA) is 29.1 Å². The van der Waals surface area contributed by atoms with E-state index in [1.54, 1.807) is 0 Å². The van der Waals surface area contributed by atoms with E-state index in [1.165, 1.54) is 19.3 Å². The molecule has 2 nitrogen and oxygen atoms in total. The average Bonchev–Trinajstić information content (AvgIpc) is 2.69. The van der Waals surface area contributed by atoms with E-state index in [-0.39, 0.29) is 0 Å². The van der Waals surface area contributed by atoms with E-state index < -0.39 is 10.8 Å². The first-order valence-electron chi connectivity index (χ1n) is 5.91. The third kappa shape index (κ3) is 3.46. The Morgan fingerprint density at radius 1 is 1.13 bits per heavy atom. The van der Waals surface area contributed by atoms with Crippen molar-refractivity contribution >= 4 is 22.6 Å². The van der Waals surface area contributed by atoms with Gasteiger partial charge in [0.05, 0.1) is 0 Å². The van der Waals surface area contributed by atoms with Crippen molar-refractivity contribution in [3.63, 3.8) is 0 Å². The minimum absolute atomic E-state index is 0.517. The van der Waals surface area contributed by atoms with Gasteiger partial charge in [-0.2, -0.15) is 11.8 Å². The molecule has 1 aliphatic carbocycles. The lowest BCUT2D eigenvalue weighted by Gasteiger charge is -2.26. The Morgan fingerprint density at radius 2 is 1.87 bits per heavy atom. The van der Waals surface area contributed by atoms with Crippen LogP contribution in [0.5, 0.6) is 0 Å². The maximum Gasteiger partial charge on any atom is 0.0249 e. The van der Waals surface area contributed by atoms with Crippen LogP contribution in [0.25, 0.3) is 0 Å². The Hall–Kier alpha value is 0.460. The summed E-state index contributed by atoms with van der Waals surface area (Å²) in [4.78, 5) is 0. The SMILES string of the molecule is CSC1CCC(NC2CCS(=O)CC2)C1. The molecule has 15 heavy (non-hydrogen) atoms. The summed E-state index contributed by atoms with van der Waals surface area (Å²) in [5.74, 6) is 1.83. The van der Waals surface area contributed by atoms with Crippen LogP contribution in [0.3, 0.4) is 0 Å². The predicted octanol–water partition coefficient (Wildman–Crippen LogP) is 1.77. The molecule has 0 radical (unpaired) electrons. The standard InChI is InChI=1S/C11H21NOS2/c1-14-11-3-2-10(8-11)12-9-4-6-15(13)7-5-9/h9-12H,2-8H2,1H3.